The molecule has 18 heavy (non-hydrogen) atoms. The second-order valence-corrected chi connectivity index (χ2v) is 4.19. The van der Waals surface area contributed by atoms with Crippen LogP contribution in [-0.2, 0) is 6.54 Å². The molecule has 0 bridgehead atoms. The number of aryl methyl sites for hydroxylation is 2. The first-order valence-corrected chi connectivity index (χ1v) is 5.85. The second kappa shape index (κ2) is 5.49. The van der Waals surface area contributed by atoms with Gasteiger partial charge in [-0.2, -0.15) is 0 Å². The van der Waals surface area contributed by atoms with E-state index in [2.05, 4.69) is 21.4 Å². The van der Waals surface area contributed by atoms with E-state index >= 15 is 0 Å². The molecule has 4 nitrogen and oxygen atoms in total. The quantitative estimate of drug-likeness (QED) is 0.897. The van der Waals surface area contributed by atoms with Gasteiger partial charge in [-0.1, -0.05) is 6.07 Å². The van der Waals surface area contributed by atoms with E-state index in [4.69, 9.17) is 4.74 Å². The third kappa shape index (κ3) is 2.97. The fourth-order valence-corrected chi connectivity index (χ4v) is 1.65. The van der Waals surface area contributed by atoms with E-state index in [-0.39, 0.29) is 0 Å². The Labute approximate surface area is 107 Å². The maximum absolute atomic E-state index is 5.27. The Balaban J connectivity index is 2.09. The average molecular weight is 243 g/mol. The lowest BCUT2D eigenvalue weighted by molar-refractivity contribution is 0.414. The molecule has 0 amide bonds. The van der Waals surface area contributed by atoms with E-state index in [1.54, 1.807) is 13.3 Å². The molecule has 0 radical (unpaired) electrons. The number of nitrogens with one attached hydrogen (secondary N) is 1. The van der Waals surface area contributed by atoms with Crippen LogP contribution in [0.1, 0.15) is 17.0 Å². The third-order valence-corrected chi connectivity index (χ3v) is 2.68. The molecular formula is C14H17N3O. The minimum absolute atomic E-state index is 0.715. The summed E-state index contributed by atoms with van der Waals surface area (Å²) in [6.45, 7) is 4.65. The van der Waals surface area contributed by atoms with Gasteiger partial charge in [-0.25, -0.2) is 0 Å². The topological polar surface area (TPSA) is 47.0 Å². The lowest BCUT2D eigenvalue weighted by Crippen LogP contribution is -2.03. The van der Waals surface area contributed by atoms with Crippen molar-refractivity contribution in [3.8, 4) is 5.75 Å². The first kappa shape index (κ1) is 12.4. The van der Waals surface area contributed by atoms with Crippen LogP contribution in [0, 0.1) is 13.8 Å². The first-order chi connectivity index (χ1) is 8.69. The summed E-state index contributed by atoms with van der Waals surface area (Å²) in [6, 6.07) is 6.04. The number of hydrogen-bond acceptors (Lipinski definition) is 4. The van der Waals surface area contributed by atoms with Crippen molar-refractivity contribution in [2.45, 2.75) is 20.4 Å². The number of anilines is 1. The number of methoxy groups -OCH3 is 1. The lowest BCUT2D eigenvalue weighted by atomic mass is 10.2. The Morgan fingerprint density at radius 1 is 1.11 bits per heavy atom. The molecule has 0 fully saturated rings. The van der Waals surface area contributed by atoms with Gasteiger partial charge >= 0.3 is 0 Å². The molecule has 2 aromatic heterocycles. The summed E-state index contributed by atoms with van der Waals surface area (Å²) >= 11 is 0. The number of hydrogen-bond donors (Lipinski definition) is 1. The van der Waals surface area contributed by atoms with E-state index in [0.29, 0.717) is 6.54 Å². The van der Waals surface area contributed by atoms with Crippen molar-refractivity contribution in [3.05, 3.63) is 47.5 Å². The second-order valence-electron chi connectivity index (χ2n) is 4.19. The highest BCUT2D eigenvalue weighted by Gasteiger charge is 2.03. The number of aromatic nitrogens is 2. The van der Waals surface area contributed by atoms with E-state index in [1.165, 1.54) is 0 Å². The highest BCUT2D eigenvalue weighted by molar-refractivity contribution is 5.56. The monoisotopic (exact) mass is 243 g/mol. The van der Waals surface area contributed by atoms with Gasteiger partial charge in [0, 0.05) is 24.1 Å². The molecule has 0 aliphatic heterocycles. The van der Waals surface area contributed by atoms with Crippen molar-refractivity contribution in [1.29, 1.82) is 0 Å². The predicted molar refractivity (Wildman–Crippen MR) is 71.8 cm³/mol. The van der Waals surface area contributed by atoms with Crippen LogP contribution in [0.5, 0.6) is 5.75 Å². The van der Waals surface area contributed by atoms with Gasteiger partial charge in [0.1, 0.15) is 0 Å². The first-order valence-electron chi connectivity index (χ1n) is 5.85. The number of pyridine rings is 2. The van der Waals surface area contributed by atoms with Gasteiger partial charge in [-0.05, 0) is 31.5 Å². The Hall–Kier alpha value is -2.10. The van der Waals surface area contributed by atoms with E-state index in [9.17, 15) is 0 Å². The summed E-state index contributed by atoms with van der Waals surface area (Å²) < 4.78 is 5.27. The fourth-order valence-electron chi connectivity index (χ4n) is 1.65. The van der Waals surface area contributed by atoms with Crippen molar-refractivity contribution < 1.29 is 4.74 Å². The van der Waals surface area contributed by atoms with E-state index in [0.717, 1.165) is 28.4 Å². The molecule has 0 aliphatic rings. The number of rotatable bonds is 4. The number of nitrogens with zero attached hydrogens (tertiary/aromatic N) is 2. The minimum atomic E-state index is 0.715. The summed E-state index contributed by atoms with van der Waals surface area (Å²) in [5.74, 6) is 0.751. The molecule has 0 unspecified atom stereocenters. The number of ether oxygens (including phenoxy) is 1. The molecule has 0 atom stereocenters. The van der Waals surface area contributed by atoms with Crippen LogP contribution in [0.25, 0.3) is 0 Å². The highest BCUT2D eigenvalue weighted by Crippen LogP contribution is 2.23. The van der Waals surface area contributed by atoms with Gasteiger partial charge in [-0.15, -0.1) is 0 Å². The zero-order valence-corrected chi connectivity index (χ0v) is 10.9. The zero-order valence-electron chi connectivity index (χ0n) is 10.9. The van der Waals surface area contributed by atoms with Gasteiger partial charge in [0.05, 0.1) is 19.0 Å². The Morgan fingerprint density at radius 2 is 1.89 bits per heavy atom. The van der Waals surface area contributed by atoms with Crippen molar-refractivity contribution >= 4 is 5.69 Å². The van der Waals surface area contributed by atoms with Crippen LogP contribution in [-0.4, -0.2) is 17.1 Å². The van der Waals surface area contributed by atoms with Crippen LogP contribution in [0.3, 0.4) is 0 Å². The lowest BCUT2D eigenvalue weighted by Gasteiger charge is -2.11. The van der Waals surface area contributed by atoms with Crippen molar-refractivity contribution in [2.24, 2.45) is 0 Å². The van der Waals surface area contributed by atoms with Crippen LogP contribution < -0.4 is 10.1 Å². The molecule has 0 aliphatic carbocycles. The van der Waals surface area contributed by atoms with Crippen LogP contribution in [0.15, 0.2) is 30.6 Å². The summed E-state index contributed by atoms with van der Waals surface area (Å²) in [4.78, 5) is 8.47. The highest BCUT2D eigenvalue weighted by atomic mass is 16.5. The molecule has 2 heterocycles. The molecule has 0 saturated heterocycles. The van der Waals surface area contributed by atoms with Crippen LogP contribution in [0.2, 0.25) is 0 Å². The van der Waals surface area contributed by atoms with Crippen molar-refractivity contribution in [3.63, 3.8) is 0 Å². The van der Waals surface area contributed by atoms with Gasteiger partial charge in [0.25, 0.3) is 0 Å². The van der Waals surface area contributed by atoms with Crippen molar-refractivity contribution in [1.82, 2.24) is 9.97 Å². The molecule has 0 aromatic carbocycles. The summed E-state index contributed by atoms with van der Waals surface area (Å²) in [5.41, 5.74) is 4.07. The summed E-state index contributed by atoms with van der Waals surface area (Å²) in [7, 11) is 1.64. The normalized spacial score (nSPS) is 10.2. The smallest absolute Gasteiger partial charge is 0.160 e. The third-order valence-electron chi connectivity index (χ3n) is 2.68. The standard InChI is InChI=1S/C14H17N3O/c1-10-4-5-12(7-15-10)8-17-13-6-11(2)16-9-14(13)18-3/h4-7,9H,8H2,1-3H3,(H,16,17). The van der Waals surface area contributed by atoms with Gasteiger partial charge in [0.2, 0.25) is 0 Å². The molecular weight excluding hydrogens is 226 g/mol. The van der Waals surface area contributed by atoms with E-state index < -0.39 is 0 Å². The minimum Gasteiger partial charge on any atom is -0.493 e. The van der Waals surface area contributed by atoms with Crippen LogP contribution in [0.4, 0.5) is 5.69 Å². The molecule has 4 heteroatoms. The van der Waals surface area contributed by atoms with Crippen molar-refractivity contribution in [2.75, 3.05) is 12.4 Å². The SMILES string of the molecule is COc1cnc(C)cc1NCc1ccc(C)nc1. The molecule has 1 N–H and O–H groups in total. The molecule has 2 aromatic rings. The molecule has 2 rings (SSSR count). The summed E-state index contributed by atoms with van der Waals surface area (Å²) in [6.07, 6.45) is 3.61. The molecule has 94 valence electrons. The van der Waals surface area contributed by atoms with Gasteiger partial charge in [-0.3, -0.25) is 9.97 Å². The Morgan fingerprint density at radius 3 is 2.56 bits per heavy atom. The zero-order chi connectivity index (χ0) is 13.0. The Bertz CT molecular complexity index is 523. The Kier molecular flexibility index (Phi) is 3.77. The molecule has 0 saturated carbocycles. The molecule has 0 spiro atoms. The predicted octanol–water partition coefficient (Wildman–Crippen LogP) is 2.71. The summed E-state index contributed by atoms with van der Waals surface area (Å²) in [5, 5.41) is 3.34. The van der Waals surface area contributed by atoms with E-state index in [1.807, 2.05) is 32.2 Å². The maximum Gasteiger partial charge on any atom is 0.160 e. The fraction of sp³-hybridized carbons (Fsp3) is 0.286. The maximum atomic E-state index is 5.27. The van der Waals surface area contributed by atoms with Gasteiger partial charge in [0.15, 0.2) is 5.75 Å². The van der Waals surface area contributed by atoms with Crippen LogP contribution >= 0.6 is 0 Å². The average Bonchev–Trinajstić information content (AvgIpc) is 2.38. The van der Waals surface area contributed by atoms with Gasteiger partial charge < -0.3 is 10.1 Å². The largest absolute Gasteiger partial charge is 0.493 e.